The van der Waals surface area contributed by atoms with Crippen molar-refractivity contribution in [3.63, 3.8) is 0 Å². The molecule has 16 heavy (non-hydrogen) atoms. The zero-order valence-corrected chi connectivity index (χ0v) is 8.79. The Kier molecular flexibility index (Phi) is 3.54. The maximum atomic E-state index is 12.5. The van der Waals surface area contributed by atoms with Crippen LogP contribution in [0.5, 0.6) is 0 Å². The van der Waals surface area contributed by atoms with Crippen molar-refractivity contribution >= 4 is 23.1 Å². The number of carbonyl (C=O) groups excluding carboxylic acids is 1. The van der Waals surface area contributed by atoms with Gasteiger partial charge in [0.05, 0.1) is 15.5 Å². The molecule has 0 fully saturated rings. The predicted molar refractivity (Wildman–Crippen MR) is 53.1 cm³/mol. The number of nitrogens with zero attached hydrogens (tertiary/aromatic N) is 1. The Morgan fingerprint density at radius 3 is 2.44 bits per heavy atom. The average Bonchev–Trinajstić information content (AvgIpc) is 2.15. The molecule has 0 amide bonds. The smallest absolute Gasteiger partial charge is 0.279 e. The Morgan fingerprint density at radius 2 is 2.06 bits per heavy atom. The summed E-state index contributed by atoms with van der Waals surface area (Å²) in [7, 11) is 0. The molecule has 0 aliphatic carbocycles. The van der Waals surface area contributed by atoms with Gasteiger partial charge in [-0.25, -0.2) is 8.78 Å². The Hall–Kier alpha value is -1.56. The third-order valence-corrected chi connectivity index (χ3v) is 2.24. The Labute approximate surface area is 94.0 Å². The van der Waals surface area contributed by atoms with Crippen molar-refractivity contribution < 1.29 is 18.5 Å². The molecule has 0 bridgehead atoms. The van der Waals surface area contributed by atoms with Crippen LogP contribution in [-0.2, 0) is 0 Å². The first-order valence-electron chi connectivity index (χ1n) is 4.11. The van der Waals surface area contributed by atoms with Gasteiger partial charge in [-0.15, -0.1) is 0 Å². The van der Waals surface area contributed by atoms with Crippen molar-refractivity contribution in [2.45, 2.75) is 13.3 Å². The molecule has 0 saturated heterocycles. The molecule has 0 spiro atoms. The monoisotopic (exact) mass is 249 g/mol. The topological polar surface area (TPSA) is 60.2 Å². The van der Waals surface area contributed by atoms with Crippen molar-refractivity contribution in [1.29, 1.82) is 0 Å². The van der Waals surface area contributed by atoms with Crippen LogP contribution in [0.1, 0.15) is 29.3 Å². The highest BCUT2D eigenvalue weighted by molar-refractivity contribution is 6.34. The molecule has 1 aromatic rings. The van der Waals surface area contributed by atoms with Gasteiger partial charge in [-0.05, 0) is 13.0 Å². The SMILES string of the molecule is CC(=O)c1cc(C(F)F)c([N+](=O)[O-])cc1Cl. The highest BCUT2D eigenvalue weighted by Gasteiger charge is 2.24. The summed E-state index contributed by atoms with van der Waals surface area (Å²) < 4.78 is 25.0. The van der Waals surface area contributed by atoms with Gasteiger partial charge in [-0.3, -0.25) is 14.9 Å². The summed E-state index contributed by atoms with van der Waals surface area (Å²) in [6.45, 7) is 1.14. The highest BCUT2D eigenvalue weighted by Crippen LogP contribution is 2.33. The molecule has 4 nitrogen and oxygen atoms in total. The molecule has 7 heteroatoms. The Balaban J connectivity index is 3.49. The van der Waals surface area contributed by atoms with Crippen LogP contribution in [-0.4, -0.2) is 10.7 Å². The molecule has 1 aromatic carbocycles. The molecular formula is C9H6ClF2NO3. The highest BCUT2D eigenvalue weighted by atomic mass is 35.5. The second kappa shape index (κ2) is 4.52. The Bertz CT molecular complexity index is 462. The third-order valence-electron chi connectivity index (χ3n) is 1.93. The van der Waals surface area contributed by atoms with E-state index in [0.717, 1.165) is 19.1 Å². The summed E-state index contributed by atoms with van der Waals surface area (Å²) in [6.07, 6.45) is -3.03. The molecule has 0 heterocycles. The lowest BCUT2D eigenvalue weighted by atomic mass is 10.1. The van der Waals surface area contributed by atoms with E-state index in [0.29, 0.717) is 0 Å². The van der Waals surface area contributed by atoms with Crippen LogP contribution in [0.3, 0.4) is 0 Å². The molecule has 1 rings (SSSR count). The molecule has 86 valence electrons. The van der Waals surface area contributed by atoms with Crippen LogP contribution in [0.25, 0.3) is 0 Å². The lowest BCUT2D eigenvalue weighted by Gasteiger charge is -2.05. The number of carbonyl (C=O) groups is 1. The van der Waals surface area contributed by atoms with E-state index in [4.69, 9.17) is 11.6 Å². The van der Waals surface area contributed by atoms with Crippen molar-refractivity contribution in [1.82, 2.24) is 0 Å². The number of rotatable bonds is 3. The maximum absolute atomic E-state index is 12.5. The van der Waals surface area contributed by atoms with Gasteiger partial charge < -0.3 is 0 Å². The number of halogens is 3. The van der Waals surface area contributed by atoms with Crippen LogP contribution < -0.4 is 0 Å². The standard InChI is InChI=1S/C9H6ClF2NO3/c1-4(14)5-2-6(9(11)12)8(13(15)16)3-7(5)10/h2-3,9H,1H3. The van der Waals surface area contributed by atoms with Gasteiger partial charge in [0, 0.05) is 11.6 Å². The largest absolute Gasteiger partial charge is 0.294 e. The zero-order valence-electron chi connectivity index (χ0n) is 8.04. The van der Waals surface area contributed by atoms with Crippen LogP contribution in [0.15, 0.2) is 12.1 Å². The number of benzene rings is 1. The average molecular weight is 250 g/mol. The van der Waals surface area contributed by atoms with Gasteiger partial charge in [0.15, 0.2) is 5.78 Å². The van der Waals surface area contributed by atoms with Crippen molar-refractivity contribution in [3.8, 4) is 0 Å². The molecular weight excluding hydrogens is 244 g/mol. The number of hydrogen-bond acceptors (Lipinski definition) is 3. The fourth-order valence-corrected chi connectivity index (χ4v) is 1.47. The minimum atomic E-state index is -3.03. The zero-order chi connectivity index (χ0) is 12.5. The van der Waals surface area contributed by atoms with Gasteiger partial charge in [0.25, 0.3) is 12.1 Å². The van der Waals surface area contributed by atoms with E-state index < -0.39 is 28.4 Å². The fraction of sp³-hybridized carbons (Fsp3) is 0.222. The van der Waals surface area contributed by atoms with Crippen LogP contribution in [0.4, 0.5) is 14.5 Å². The summed E-state index contributed by atoms with van der Waals surface area (Å²) in [5, 5.41) is 10.3. The molecule has 0 aromatic heterocycles. The minimum absolute atomic E-state index is 0.150. The van der Waals surface area contributed by atoms with E-state index >= 15 is 0 Å². The van der Waals surface area contributed by atoms with E-state index in [2.05, 4.69) is 0 Å². The second-order valence-electron chi connectivity index (χ2n) is 3.00. The first-order chi connectivity index (χ1) is 7.34. The number of nitro groups is 1. The molecule has 0 saturated carbocycles. The predicted octanol–water partition coefficient (Wildman–Crippen LogP) is 3.39. The normalized spacial score (nSPS) is 10.6. The minimum Gasteiger partial charge on any atom is -0.294 e. The third kappa shape index (κ3) is 2.33. The van der Waals surface area contributed by atoms with E-state index in [1.54, 1.807) is 0 Å². The lowest BCUT2D eigenvalue weighted by Crippen LogP contribution is -2.01. The summed E-state index contributed by atoms with van der Waals surface area (Å²) in [5.74, 6) is -0.526. The summed E-state index contributed by atoms with van der Waals surface area (Å²) in [6, 6.07) is 1.52. The van der Waals surface area contributed by atoms with E-state index in [9.17, 15) is 23.7 Å². The van der Waals surface area contributed by atoms with Gasteiger partial charge >= 0.3 is 0 Å². The lowest BCUT2D eigenvalue weighted by molar-refractivity contribution is -0.386. The number of Topliss-reactive ketones (excluding diaryl/α,β-unsaturated/α-hetero) is 1. The number of ketones is 1. The van der Waals surface area contributed by atoms with Crippen LogP contribution >= 0.6 is 11.6 Å². The maximum Gasteiger partial charge on any atom is 0.279 e. The van der Waals surface area contributed by atoms with E-state index in [1.165, 1.54) is 0 Å². The van der Waals surface area contributed by atoms with Crippen LogP contribution in [0.2, 0.25) is 5.02 Å². The van der Waals surface area contributed by atoms with Crippen molar-refractivity contribution in [2.24, 2.45) is 0 Å². The number of hydrogen-bond donors (Lipinski definition) is 0. The molecule has 0 N–H and O–H groups in total. The summed E-state index contributed by atoms with van der Waals surface area (Å²) in [4.78, 5) is 20.6. The van der Waals surface area contributed by atoms with Gasteiger partial charge in [0.2, 0.25) is 0 Å². The van der Waals surface area contributed by atoms with E-state index in [1.807, 2.05) is 0 Å². The van der Waals surface area contributed by atoms with Crippen molar-refractivity contribution in [3.05, 3.63) is 38.4 Å². The quantitative estimate of drug-likeness (QED) is 0.469. The first-order valence-corrected chi connectivity index (χ1v) is 4.49. The van der Waals surface area contributed by atoms with Crippen LogP contribution in [0, 0.1) is 10.1 Å². The van der Waals surface area contributed by atoms with Gasteiger partial charge in [-0.1, -0.05) is 11.6 Å². The first kappa shape index (κ1) is 12.5. The van der Waals surface area contributed by atoms with Crippen molar-refractivity contribution in [2.75, 3.05) is 0 Å². The number of alkyl halides is 2. The number of nitro benzene ring substituents is 1. The molecule has 0 radical (unpaired) electrons. The second-order valence-corrected chi connectivity index (χ2v) is 3.41. The van der Waals surface area contributed by atoms with Gasteiger partial charge in [0.1, 0.15) is 0 Å². The fourth-order valence-electron chi connectivity index (χ4n) is 1.18. The van der Waals surface area contributed by atoms with Gasteiger partial charge in [-0.2, -0.15) is 0 Å². The molecule has 0 aliphatic heterocycles. The summed E-state index contributed by atoms with van der Waals surface area (Å²) >= 11 is 5.57. The molecule has 0 atom stereocenters. The molecule has 0 unspecified atom stereocenters. The Morgan fingerprint density at radius 1 is 1.50 bits per heavy atom. The summed E-state index contributed by atoms with van der Waals surface area (Å²) in [5.41, 5.74) is -1.74. The van der Waals surface area contributed by atoms with E-state index in [-0.39, 0.29) is 10.6 Å². The molecule has 0 aliphatic rings.